The van der Waals surface area contributed by atoms with Gasteiger partial charge in [-0.25, -0.2) is 9.82 Å². The molecule has 0 bridgehead atoms. The number of nitrogens with one attached hydrogen (secondary N) is 1. The van der Waals surface area contributed by atoms with E-state index < -0.39 is 5.82 Å². The molecule has 4 rings (SSSR count). The molecular formula is C25H20BrClFN5O2S. The summed E-state index contributed by atoms with van der Waals surface area (Å²) in [5, 5.41) is 13.7. The monoisotopic (exact) mass is 587 g/mol. The van der Waals surface area contributed by atoms with Gasteiger partial charge in [-0.3, -0.25) is 9.36 Å². The van der Waals surface area contributed by atoms with E-state index >= 15 is 0 Å². The van der Waals surface area contributed by atoms with Crippen LogP contribution in [0.15, 0.2) is 81.5 Å². The molecule has 0 atom stereocenters. The van der Waals surface area contributed by atoms with Gasteiger partial charge >= 0.3 is 0 Å². The maximum absolute atomic E-state index is 13.8. The zero-order chi connectivity index (χ0) is 25.5. The highest BCUT2D eigenvalue weighted by atomic mass is 79.9. The SMILES string of the molecule is CCOc1ccc(-n2c(SCC(=O)N/N=C/c3cc(Br)ccc3F)nnc2-c2ccc(Cl)cc2)cc1. The molecule has 0 saturated heterocycles. The molecule has 0 aliphatic heterocycles. The molecule has 1 aromatic heterocycles. The van der Waals surface area contributed by atoms with E-state index in [1.54, 1.807) is 24.3 Å². The molecule has 36 heavy (non-hydrogen) atoms. The number of ether oxygens (including phenoxy) is 1. The lowest BCUT2D eigenvalue weighted by atomic mass is 10.2. The fraction of sp³-hybridized carbons (Fsp3) is 0.120. The molecule has 184 valence electrons. The Labute approximate surface area is 224 Å². The van der Waals surface area contributed by atoms with Crippen LogP contribution in [0.2, 0.25) is 5.02 Å². The van der Waals surface area contributed by atoms with Crippen molar-refractivity contribution >= 4 is 51.4 Å². The van der Waals surface area contributed by atoms with Crippen molar-refractivity contribution in [3.8, 4) is 22.8 Å². The molecule has 0 saturated carbocycles. The van der Waals surface area contributed by atoms with E-state index in [0.717, 1.165) is 17.0 Å². The Morgan fingerprint density at radius 1 is 1.17 bits per heavy atom. The highest BCUT2D eigenvalue weighted by Crippen LogP contribution is 2.29. The van der Waals surface area contributed by atoms with Gasteiger partial charge in [-0.2, -0.15) is 5.10 Å². The average Bonchev–Trinajstić information content (AvgIpc) is 3.30. The van der Waals surface area contributed by atoms with Crippen molar-refractivity contribution < 1.29 is 13.9 Å². The summed E-state index contributed by atoms with van der Waals surface area (Å²) in [5.74, 6) is 0.552. The van der Waals surface area contributed by atoms with Crippen molar-refractivity contribution in [3.63, 3.8) is 0 Å². The highest BCUT2D eigenvalue weighted by Gasteiger charge is 2.17. The number of carbonyl (C=O) groups is 1. The number of halogens is 3. The zero-order valence-corrected chi connectivity index (χ0v) is 22.1. The minimum Gasteiger partial charge on any atom is -0.494 e. The third-order valence-electron chi connectivity index (χ3n) is 4.82. The molecule has 0 aliphatic carbocycles. The molecule has 7 nitrogen and oxygen atoms in total. The van der Waals surface area contributed by atoms with Crippen molar-refractivity contribution in [1.82, 2.24) is 20.2 Å². The second-order valence-corrected chi connectivity index (χ2v) is 9.62. The van der Waals surface area contributed by atoms with E-state index in [2.05, 4.69) is 36.7 Å². The molecule has 0 spiro atoms. The normalized spacial score (nSPS) is 11.1. The van der Waals surface area contributed by atoms with Crippen molar-refractivity contribution in [2.45, 2.75) is 12.1 Å². The Hall–Kier alpha value is -3.21. The summed E-state index contributed by atoms with van der Waals surface area (Å²) in [6.45, 7) is 2.49. The second kappa shape index (κ2) is 12.2. The van der Waals surface area contributed by atoms with E-state index in [1.165, 1.54) is 24.0 Å². The van der Waals surface area contributed by atoms with Crippen LogP contribution in [0.1, 0.15) is 12.5 Å². The van der Waals surface area contributed by atoms with Gasteiger partial charge in [0.05, 0.1) is 18.6 Å². The van der Waals surface area contributed by atoms with Crippen LogP contribution in [0.5, 0.6) is 5.75 Å². The topological polar surface area (TPSA) is 81.4 Å². The summed E-state index contributed by atoms with van der Waals surface area (Å²) in [7, 11) is 0. The van der Waals surface area contributed by atoms with Crippen LogP contribution in [0, 0.1) is 5.82 Å². The number of benzene rings is 3. The first-order chi connectivity index (χ1) is 17.4. The first-order valence-electron chi connectivity index (χ1n) is 10.8. The van der Waals surface area contributed by atoms with Crippen molar-refractivity contribution in [1.29, 1.82) is 0 Å². The van der Waals surface area contributed by atoms with Gasteiger partial charge in [0.15, 0.2) is 11.0 Å². The van der Waals surface area contributed by atoms with Crippen molar-refractivity contribution in [2.75, 3.05) is 12.4 Å². The van der Waals surface area contributed by atoms with Crippen LogP contribution in [-0.4, -0.2) is 39.2 Å². The van der Waals surface area contributed by atoms with Crippen LogP contribution < -0.4 is 10.2 Å². The minimum absolute atomic E-state index is 0.0219. The van der Waals surface area contributed by atoms with Crippen LogP contribution in [-0.2, 0) is 4.79 Å². The molecule has 3 aromatic carbocycles. The summed E-state index contributed by atoms with van der Waals surface area (Å²) < 4.78 is 21.9. The number of hydrogen-bond donors (Lipinski definition) is 1. The van der Waals surface area contributed by atoms with Gasteiger partial charge in [0, 0.05) is 26.3 Å². The fourth-order valence-electron chi connectivity index (χ4n) is 3.19. The zero-order valence-electron chi connectivity index (χ0n) is 19.0. The number of thioether (sulfide) groups is 1. The van der Waals surface area contributed by atoms with Crippen molar-refractivity contribution in [3.05, 3.63) is 87.6 Å². The summed E-state index contributed by atoms with van der Waals surface area (Å²) in [4.78, 5) is 12.4. The molecule has 4 aromatic rings. The number of rotatable bonds is 9. The van der Waals surface area contributed by atoms with E-state index in [9.17, 15) is 9.18 Å². The molecule has 0 aliphatic rings. The van der Waals surface area contributed by atoms with Crippen LogP contribution in [0.4, 0.5) is 4.39 Å². The van der Waals surface area contributed by atoms with Crippen LogP contribution in [0.25, 0.3) is 17.1 Å². The maximum Gasteiger partial charge on any atom is 0.250 e. The van der Waals surface area contributed by atoms with Gasteiger partial charge in [-0.1, -0.05) is 39.3 Å². The Bertz CT molecular complexity index is 1380. The lowest BCUT2D eigenvalue weighted by Crippen LogP contribution is -2.20. The number of amides is 1. The molecule has 1 heterocycles. The molecule has 11 heteroatoms. The largest absolute Gasteiger partial charge is 0.494 e. The Morgan fingerprint density at radius 3 is 2.64 bits per heavy atom. The van der Waals surface area contributed by atoms with Gasteiger partial charge < -0.3 is 4.74 Å². The maximum atomic E-state index is 13.8. The molecule has 1 amide bonds. The number of hydrogen-bond acceptors (Lipinski definition) is 6. The minimum atomic E-state index is -0.441. The van der Waals surface area contributed by atoms with Crippen LogP contribution in [0.3, 0.4) is 0 Å². The number of carbonyl (C=O) groups excluding carboxylic acids is 1. The average molecular weight is 589 g/mol. The fourth-order valence-corrected chi connectivity index (χ4v) is 4.44. The lowest BCUT2D eigenvalue weighted by Gasteiger charge is -2.11. The third-order valence-corrected chi connectivity index (χ3v) is 6.50. The Morgan fingerprint density at radius 2 is 1.92 bits per heavy atom. The predicted molar refractivity (Wildman–Crippen MR) is 144 cm³/mol. The third kappa shape index (κ3) is 6.51. The van der Waals surface area contributed by atoms with Gasteiger partial charge in [-0.05, 0) is 73.7 Å². The second-order valence-electron chi connectivity index (χ2n) is 7.32. The predicted octanol–water partition coefficient (Wildman–Crippen LogP) is 6.13. The Kier molecular flexibility index (Phi) is 8.74. The van der Waals surface area contributed by atoms with E-state index in [0.29, 0.717) is 27.1 Å². The quantitative estimate of drug-likeness (QED) is 0.145. The van der Waals surface area contributed by atoms with Gasteiger partial charge in [0.2, 0.25) is 0 Å². The smallest absolute Gasteiger partial charge is 0.250 e. The number of hydrazone groups is 1. The number of aromatic nitrogens is 3. The highest BCUT2D eigenvalue weighted by molar-refractivity contribution is 9.10. The Balaban J connectivity index is 1.52. The first-order valence-corrected chi connectivity index (χ1v) is 12.9. The first kappa shape index (κ1) is 25.9. The molecule has 0 fully saturated rings. The molecule has 1 N–H and O–H groups in total. The molecular weight excluding hydrogens is 569 g/mol. The van der Waals surface area contributed by atoms with E-state index in [4.69, 9.17) is 16.3 Å². The van der Waals surface area contributed by atoms with Gasteiger partial charge in [0.1, 0.15) is 11.6 Å². The van der Waals surface area contributed by atoms with E-state index in [1.807, 2.05) is 47.9 Å². The van der Waals surface area contributed by atoms with E-state index in [-0.39, 0.29) is 17.2 Å². The summed E-state index contributed by atoms with van der Waals surface area (Å²) in [5.41, 5.74) is 4.29. The summed E-state index contributed by atoms with van der Waals surface area (Å²) >= 11 is 10.5. The summed E-state index contributed by atoms with van der Waals surface area (Å²) in [6.07, 6.45) is 1.25. The molecule has 0 unspecified atom stereocenters. The van der Waals surface area contributed by atoms with Crippen molar-refractivity contribution in [2.24, 2.45) is 5.10 Å². The summed E-state index contributed by atoms with van der Waals surface area (Å²) in [6, 6.07) is 19.3. The van der Waals surface area contributed by atoms with Crippen LogP contribution >= 0.6 is 39.3 Å². The molecule has 0 radical (unpaired) electrons. The van der Waals surface area contributed by atoms with Gasteiger partial charge in [0.25, 0.3) is 5.91 Å². The van der Waals surface area contributed by atoms with Gasteiger partial charge in [-0.15, -0.1) is 10.2 Å². The standard InChI is InChI=1S/C25H20BrClFN5O2S/c1-2-35-21-10-8-20(9-11-21)33-24(16-3-6-19(27)7-4-16)31-32-25(33)36-15-23(34)30-29-14-17-13-18(26)5-12-22(17)28/h3-14H,2,15H2,1H3,(H,30,34)/b29-14+. The lowest BCUT2D eigenvalue weighted by molar-refractivity contribution is -0.118. The number of nitrogens with zero attached hydrogens (tertiary/aromatic N) is 4.